The first-order valence-electron chi connectivity index (χ1n) is 8.82. The molecule has 0 bridgehead atoms. The minimum atomic E-state index is -0.0901. The average Bonchev–Trinajstić information content (AvgIpc) is 3.04. The molecule has 0 radical (unpaired) electrons. The highest BCUT2D eigenvalue weighted by atomic mass is 35.5. The van der Waals surface area contributed by atoms with E-state index in [-0.39, 0.29) is 11.7 Å². The minimum absolute atomic E-state index is 0.0901. The molecular weight excluding hydrogens is 400 g/mol. The molecule has 0 unspecified atom stereocenters. The van der Waals surface area contributed by atoms with Gasteiger partial charge in [-0.1, -0.05) is 41.6 Å². The second-order valence-electron chi connectivity index (χ2n) is 6.44. The number of carbonyl (C=O) groups excluding carboxylic acids is 1. The zero-order chi connectivity index (χ0) is 18.8. The highest BCUT2D eigenvalue weighted by Gasteiger charge is 2.20. The molecular formula is C19H19ClN4OS2. The van der Waals surface area contributed by atoms with E-state index in [1.165, 1.54) is 35.0 Å². The van der Waals surface area contributed by atoms with Gasteiger partial charge >= 0.3 is 0 Å². The third-order valence-corrected chi connectivity index (χ3v) is 6.99. The van der Waals surface area contributed by atoms with Gasteiger partial charge < -0.3 is 11.1 Å². The van der Waals surface area contributed by atoms with E-state index in [9.17, 15) is 4.79 Å². The third-order valence-electron chi connectivity index (χ3n) is 4.59. The summed E-state index contributed by atoms with van der Waals surface area (Å²) in [4.78, 5) is 23.5. The van der Waals surface area contributed by atoms with Crippen LogP contribution in [0.2, 0.25) is 5.02 Å². The summed E-state index contributed by atoms with van der Waals surface area (Å²) >= 11 is 9.12. The Morgan fingerprint density at radius 2 is 2.07 bits per heavy atom. The lowest BCUT2D eigenvalue weighted by Crippen LogP contribution is -2.24. The molecule has 1 aliphatic rings. The monoisotopic (exact) mass is 418 g/mol. The number of benzene rings is 1. The number of anilines is 1. The quantitative estimate of drug-likeness (QED) is 0.479. The van der Waals surface area contributed by atoms with E-state index in [0.717, 1.165) is 28.6 Å². The van der Waals surface area contributed by atoms with E-state index < -0.39 is 0 Å². The highest BCUT2D eigenvalue weighted by molar-refractivity contribution is 7.99. The van der Waals surface area contributed by atoms with Crippen LogP contribution >= 0.6 is 34.7 Å². The maximum absolute atomic E-state index is 12.1. The number of nitrogens with zero attached hydrogens (tertiary/aromatic N) is 2. The molecule has 3 aromatic rings. The Balaban J connectivity index is 1.41. The number of thioether (sulfide) groups is 1. The van der Waals surface area contributed by atoms with Crippen LogP contribution in [0.1, 0.15) is 28.8 Å². The summed E-state index contributed by atoms with van der Waals surface area (Å²) in [6, 6.07) is 7.47. The molecule has 0 fully saturated rings. The van der Waals surface area contributed by atoms with Gasteiger partial charge in [-0.15, -0.1) is 11.3 Å². The van der Waals surface area contributed by atoms with Crippen molar-refractivity contribution in [1.82, 2.24) is 15.3 Å². The molecule has 0 spiro atoms. The van der Waals surface area contributed by atoms with Crippen molar-refractivity contribution in [3.05, 3.63) is 45.3 Å². The smallest absolute Gasteiger partial charge is 0.230 e. The van der Waals surface area contributed by atoms with Crippen LogP contribution in [-0.2, 0) is 24.2 Å². The van der Waals surface area contributed by atoms with Crippen molar-refractivity contribution < 1.29 is 4.79 Å². The predicted octanol–water partition coefficient (Wildman–Crippen LogP) is 4.21. The molecule has 2 aromatic heterocycles. The van der Waals surface area contributed by atoms with Crippen LogP contribution in [0.4, 0.5) is 5.82 Å². The van der Waals surface area contributed by atoms with E-state index in [2.05, 4.69) is 15.3 Å². The number of thiophene rings is 1. The number of nitrogens with two attached hydrogens (primary N) is 1. The van der Waals surface area contributed by atoms with Gasteiger partial charge in [0.25, 0.3) is 0 Å². The molecule has 1 aromatic carbocycles. The van der Waals surface area contributed by atoms with E-state index in [1.807, 2.05) is 24.3 Å². The molecule has 2 heterocycles. The topological polar surface area (TPSA) is 80.9 Å². The summed E-state index contributed by atoms with van der Waals surface area (Å²) in [6.07, 6.45) is 4.57. The van der Waals surface area contributed by atoms with Gasteiger partial charge in [0.05, 0.1) is 11.1 Å². The molecule has 1 amide bonds. The van der Waals surface area contributed by atoms with Gasteiger partial charge in [-0.2, -0.15) is 0 Å². The normalized spacial score (nSPS) is 13.5. The zero-order valence-corrected chi connectivity index (χ0v) is 17.0. The Morgan fingerprint density at radius 1 is 1.26 bits per heavy atom. The number of halogens is 1. The van der Waals surface area contributed by atoms with Gasteiger partial charge in [-0.05, 0) is 42.9 Å². The van der Waals surface area contributed by atoms with Gasteiger partial charge in [-0.3, -0.25) is 4.79 Å². The maximum atomic E-state index is 12.1. The molecule has 4 rings (SSSR count). The van der Waals surface area contributed by atoms with E-state index in [1.54, 1.807) is 11.3 Å². The van der Waals surface area contributed by atoms with Gasteiger partial charge in [0.1, 0.15) is 10.6 Å². The van der Waals surface area contributed by atoms with E-state index in [4.69, 9.17) is 17.3 Å². The number of rotatable bonds is 5. The summed E-state index contributed by atoms with van der Waals surface area (Å²) in [7, 11) is 0. The molecule has 0 saturated heterocycles. The number of aryl methyl sites for hydroxylation is 2. The zero-order valence-electron chi connectivity index (χ0n) is 14.6. The Hall–Kier alpha value is -1.83. The fourth-order valence-corrected chi connectivity index (χ4v) is 5.46. The summed E-state index contributed by atoms with van der Waals surface area (Å²) < 4.78 is 0. The van der Waals surface area contributed by atoms with Crippen molar-refractivity contribution in [1.29, 1.82) is 0 Å². The lowest BCUT2D eigenvalue weighted by atomic mass is 9.97. The number of carbonyl (C=O) groups is 1. The van der Waals surface area contributed by atoms with Crippen molar-refractivity contribution in [2.45, 2.75) is 37.4 Å². The lowest BCUT2D eigenvalue weighted by Gasteiger charge is -2.10. The van der Waals surface area contributed by atoms with Crippen molar-refractivity contribution in [3.63, 3.8) is 0 Å². The van der Waals surface area contributed by atoms with Crippen LogP contribution in [0.25, 0.3) is 10.2 Å². The Kier molecular flexibility index (Phi) is 5.52. The van der Waals surface area contributed by atoms with Gasteiger partial charge in [0.15, 0.2) is 5.16 Å². The average molecular weight is 419 g/mol. The first-order valence-corrected chi connectivity index (χ1v) is 11.0. The van der Waals surface area contributed by atoms with Crippen LogP contribution in [0, 0.1) is 0 Å². The summed E-state index contributed by atoms with van der Waals surface area (Å²) in [5, 5.41) is 5.08. The van der Waals surface area contributed by atoms with Gasteiger partial charge in [0.2, 0.25) is 5.91 Å². The van der Waals surface area contributed by atoms with Crippen molar-refractivity contribution in [2.75, 3.05) is 11.5 Å². The van der Waals surface area contributed by atoms with Crippen molar-refractivity contribution >= 4 is 56.6 Å². The second-order valence-corrected chi connectivity index (χ2v) is 8.87. The largest absolute Gasteiger partial charge is 0.383 e. The van der Waals surface area contributed by atoms with Crippen LogP contribution in [0.5, 0.6) is 0 Å². The molecule has 0 aliphatic heterocycles. The summed E-state index contributed by atoms with van der Waals surface area (Å²) in [5.74, 6) is 0.673. The fourth-order valence-electron chi connectivity index (χ4n) is 3.25. The number of amides is 1. The third kappa shape index (κ3) is 4.05. The summed E-state index contributed by atoms with van der Waals surface area (Å²) in [6.45, 7) is 0.402. The highest BCUT2D eigenvalue weighted by Crippen LogP contribution is 2.38. The molecule has 27 heavy (non-hydrogen) atoms. The molecule has 0 saturated carbocycles. The van der Waals surface area contributed by atoms with Crippen LogP contribution in [0.15, 0.2) is 29.4 Å². The van der Waals surface area contributed by atoms with Crippen molar-refractivity contribution in [3.8, 4) is 0 Å². The van der Waals surface area contributed by atoms with E-state index in [0.29, 0.717) is 22.5 Å². The van der Waals surface area contributed by atoms with E-state index >= 15 is 0 Å². The number of nitrogens with one attached hydrogen (secondary N) is 1. The minimum Gasteiger partial charge on any atom is -0.383 e. The molecule has 3 N–H and O–H groups in total. The standard InChI is InChI=1S/C19H19ClN4OS2/c20-13-7-3-1-5-11(13)9-22-15(25)10-26-19-23-17(21)16-12-6-2-4-8-14(12)27-18(16)24-19/h1,3,5,7H,2,4,6,8-10H2,(H,22,25)(H2,21,23,24). The maximum Gasteiger partial charge on any atom is 0.230 e. The fraction of sp³-hybridized carbons (Fsp3) is 0.316. The Bertz CT molecular complexity index is 1000. The van der Waals surface area contributed by atoms with Crippen LogP contribution in [0.3, 0.4) is 0 Å². The first kappa shape index (κ1) is 18.5. The van der Waals surface area contributed by atoms with Gasteiger partial charge in [0, 0.05) is 16.4 Å². The molecule has 8 heteroatoms. The lowest BCUT2D eigenvalue weighted by molar-refractivity contribution is -0.118. The van der Waals surface area contributed by atoms with Crippen molar-refractivity contribution in [2.24, 2.45) is 0 Å². The van der Waals surface area contributed by atoms with Crippen LogP contribution in [-0.4, -0.2) is 21.6 Å². The first-order chi connectivity index (χ1) is 13.1. The number of hydrogen-bond acceptors (Lipinski definition) is 6. The predicted molar refractivity (Wildman–Crippen MR) is 112 cm³/mol. The Labute approximate surface area is 170 Å². The molecule has 5 nitrogen and oxygen atoms in total. The van der Waals surface area contributed by atoms with Gasteiger partial charge in [-0.25, -0.2) is 9.97 Å². The SMILES string of the molecule is Nc1nc(SCC(=O)NCc2ccccc2Cl)nc2sc3c(c12)CCCC3. The molecule has 140 valence electrons. The number of hydrogen-bond donors (Lipinski definition) is 2. The van der Waals surface area contributed by atoms with Crippen LogP contribution < -0.4 is 11.1 Å². The Morgan fingerprint density at radius 3 is 2.93 bits per heavy atom. The number of aromatic nitrogens is 2. The number of nitrogen functional groups attached to an aromatic ring is 1. The second kappa shape index (κ2) is 8.04. The summed E-state index contributed by atoms with van der Waals surface area (Å²) in [5.41, 5.74) is 8.43. The number of fused-ring (bicyclic) bond motifs is 3. The molecule has 0 atom stereocenters. The molecule has 1 aliphatic carbocycles.